The standard InChI is InChI=1S/C14H14N2O3S/c17-9-10-4-1-2-5-11(10)16-13(18)8-15-14(19)12-6-3-7-20-12/h1-7,17H,8-9H2,(H,15,19)(H,16,18). The van der Waals surface area contributed by atoms with E-state index in [1.807, 2.05) is 0 Å². The summed E-state index contributed by atoms with van der Waals surface area (Å²) in [5.41, 5.74) is 1.18. The molecule has 0 radical (unpaired) electrons. The molecule has 0 saturated heterocycles. The summed E-state index contributed by atoms with van der Waals surface area (Å²) in [7, 11) is 0. The smallest absolute Gasteiger partial charge is 0.261 e. The highest BCUT2D eigenvalue weighted by molar-refractivity contribution is 7.12. The van der Waals surface area contributed by atoms with Crippen molar-refractivity contribution in [3.05, 3.63) is 52.2 Å². The van der Waals surface area contributed by atoms with Crippen molar-refractivity contribution in [3.63, 3.8) is 0 Å². The molecule has 0 bridgehead atoms. The van der Waals surface area contributed by atoms with Crippen molar-refractivity contribution in [2.24, 2.45) is 0 Å². The lowest BCUT2D eigenvalue weighted by Gasteiger charge is -2.09. The molecule has 0 aliphatic heterocycles. The number of anilines is 1. The summed E-state index contributed by atoms with van der Waals surface area (Å²) in [6.07, 6.45) is 0. The van der Waals surface area contributed by atoms with Crippen LogP contribution in [0.5, 0.6) is 0 Å². The Morgan fingerprint density at radius 1 is 1.15 bits per heavy atom. The summed E-state index contributed by atoms with van der Waals surface area (Å²) in [5, 5.41) is 16.1. The van der Waals surface area contributed by atoms with Crippen LogP contribution in [-0.4, -0.2) is 23.5 Å². The lowest BCUT2D eigenvalue weighted by Crippen LogP contribution is -2.32. The van der Waals surface area contributed by atoms with E-state index in [2.05, 4.69) is 10.6 Å². The van der Waals surface area contributed by atoms with E-state index in [4.69, 9.17) is 5.11 Å². The molecule has 0 atom stereocenters. The number of carbonyl (C=O) groups excluding carboxylic acids is 2. The minimum atomic E-state index is -0.337. The van der Waals surface area contributed by atoms with Crippen molar-refractivity contribution in [2.75, 3.05) is 11.9 Å². The van der Waals surface area contributed by atoms with Crippen LogP contribution in [0.2, 0.25) is 0 Å². The number of hydrogen-bond acceptors (Lipinski definition) is 4. The minimum Gasteiger partial charge on any atom is -0.392 e. The molecule has 104 valence electrons. The van der Waals surface area contributed by atoms with E-state index >= 15 is 0 Å². The average molecular weight is 290 g/mol. The summed E-state index contributed by atoms with van der Waals surface area (Å²) in [5.74, 6) is -0.610. The number of amides is 2. The van der Waals surface area contributed by atoms with Gasteiger partial charge in [-0.3, -0.25) is 9.59 Å². The van der Waals surface area contributed by atoms with E-state index in [0.717, 1.165) is 0 Å². The SMILES string of the molecule is O=C(CNC(=O)c1cccs1)Nc1ccccc1CO. The number of rotatable bonds is 5. The molecule has 1 heterocycles. The molecule has 2 aromatic rings. The first-order valence-electron chi connectivity index (χ1n) is 6.01. The van der Waals surface area contributed by atoms with Gasteiger partial charge in [-0.1, -0.05) is 24.3 Å². The van der Waals surface area contributed by atoms with Crippen molar-refractivity contribution >= 4 is 28.8 Å². The van der Waals surface area contributed by atoms with Crippen LogP contribution in [-0.2, 0) is 11.4 Å². The third kappa shape index (κ3) is 3.66. The predicted octanol–water partition coefficient (Wildman–Crippen LogP) is 1.61. The van der Waals surface area contributed by atoms with Crippen LogP contribution < -0.4 is 10.6 Å². The fraction of sp³-hybridized carbons (Fsp3) is 0.143. The van der Waals surface area contributed by atoms with Crippen molar-refractivity contribution in [2.45, 2.75) is 6.61 Å². The normalized spacial score (nSPS) is 10.1. The van der Waals surface area contributed by atoms with E-state index in [-0.39, 0.29) is 25.0 Å². The second-order valence-electron chi connectivity index (χ2n) is 4.02. The van der Waals surface area contributed by atoms with E-state index < -0.39 is 0 Å². The molecule has 0 unspecified atom stereocenters. The number of hydrogen-bond donors (Lipinski definition) is 3. The Hall–Kier alpha value is -2.18. The Balaban J connectivity index is 1.88. The highest BCUT2D eigenvalue weighted by atomic mass is 32.1. The third-order valence-electron chi connectivity index (χ3n) is 2.62. The Kier molecular flexibility index (Phi) is 4.86. The van der Waals surface area contributed by atoms with Gasteiger partial charge in [-0.2, -0.15) is 0 Å². The molecule has 3 N–H and O–H groups in total. The first-order chi connectivity index (χ1) is 9.70. The fourth-order valence-corrected chi connectivity index (χ4v) is 2.27. The summed E-state index contributed by atoms with van der Waals surface area (Å²) in [4.78, 5) is 24.0. The highest BCUT2D eigenvalue weighted by Gasteiger charge is 2.10. The number of aliphatic hydroxyl groups is 1. The second-order valence-corrected chi connectivity index (χ2v) is 4.97. The van der Waals surface area contributed by atoms with Gasteiger partial charge in [0.05, 0.1) is 18.0 Å². The predicted molar refractivity (Wildman–Crippen MR) is 77.6 cm³/mol. The van der Waals surface area contributed by atoms with Gasteiger partial charge in [0, 0.05) is 11.3 Å². The molecule has 0 aliphatic rings. The minimum absolute atomic E-state index is 0.115. The summed E-state index contributed by atoms with van der Waals surface area (Å²) in [6.45, 7) is -0.269. The zero-order chi connectivity index (χ0) is 14.4. The number of thiophene rings is 1. The number of aliphatic hydroxyl groups excluding tert-OH is 1. The van der Waals surface area contributed by atoms with Gasteiger partial charge in [-0.05, 0) is 17.5 Å². The zero-order valence-corrected chi connectivity index (χ0v) is 11.4. The van der Waals surface area contributed by atoms with Crippen LogP contribution in [0.25, 0.3) is 0 Å². The van der Waals surface area contributed by atoms with Crippen molar-refractivity contribution in [1.82, 2.24) is 5.32 Å². The van der Waals surface area contributed by atoms with Gasteiger partial charge >= 0.3 is 0 Å². The summed E-state index contributed by atoms with van der Waals surface area (Å²) in [6, 6.07) is 10.4. The molecule has 0 fully saturated rings. The highest BCUT2D eigenvalue weighted by Crippen LogP contribution is 2.14. The molecule has 6 heteroatoms. The molecule has 1 aromatic heterocycles. The Morgan fingerprint density at radius 3 is 2.65 bits per heavy atom. The van der Waals surface area contributed by atoms with Crippen molar-refractivity contribution < 1.29 is 14.7 Å². The van der Waals surface area contributed by atoms with E-state index in [9.17, 15) is 9.59 Å². The Bertz CT molecular complexity index is 596. The molecular formula is C14H14N2O3S. The van der Waals surface area contributed by atoms with Gasteiger partial charge in [-0.25, -0.2) is 0 Å². The van der Waals surface area contributed by atoms with Crippen LogP contribution in [0.1, 0.15) is 15.2 Å². The Morgan fingerprint density at radius 2 is 1.95 bits per heavy atom. The first kappa shape index (κ1) is 14.2. The van der Waals surface area contributed by atoms with Gasteiger partial charge in [-0.15, -0.1) is 11.3 Å². The number of benzene rings is 1. The van der Waals surface area contributed by atoms with Gasteiger partial charge in [0.25, 0.3) is 5.91 Å². The number of carbonyl (C=O) groups is 2. The summed E-state index contributed by atoms with van der Waals surface area (Å²) >= 11 is 1.32. The van der Waals surface area contributed by atoms with E-state index in [0.29, 0.717) is 16.1 Å². The lowest BCUT2D eigenvalue weighted by atomic mass is 10.2. The fourth-order valence-electron chi connectivity index (χ4n) is 1.63. The molecule has 0 spiro atoms. The lowest BCUT2D eigenvalue weighted by molar-refractivity contribution is -0.115. The maximum Gasteiger partial charge on any atom is 0.261 e. The van der Waals surface area contributed by atoms with Crippen LogP contribution in [0.15, 0.2) is 41.8 Å². The zero-order valence-electron chi connectivity index (χ0n) is 10.6. The second kappa shape index (κ2) is 6.83. The molecule has 20 heavy (non-hydrogen) atoms. The monoisotopic (exact) mass is 290 g/mol. The molecule has 0 aliphatic carbocycles. The topological polar surface area (TPSA) is 78.4 Å². The van der Waals surface area contributed by atoms with Gasteiger partial charge in [0.1, 0.15) is 0 Å². The van der Waals surface area contributed by atoms with Crippen LogP contribution in [0.4, 0.5) is 5.69 Å². The maximum absolute atomic E-state index is 11.8. The summed E-state index contributed by atoms with van der Waals surface area (Å²) < 4.78 is 0. The first-order valence-corrected chi connectivity index (χ1v) is 6.89. The Labute approximate surface area is 120 Å². The van der Waals surface area contributed by atoms with Crippen LogP contribution in [0, 0.1) is 0 Å². The quantitative estimate of drug-likeness (QED) is 0.783. The van der Waals surface area contributed by atoms with Gasteiger partial charge in [0.2, 0.25) is 5.91 Å². The van der Waals surface area contributed by atoms with Crippen molar-refractivity contribution in [1.29, 1.82) is 0 Å². The molecule has 5 nitrogen and oxygen atoms in total. The number of para-hydroxylation sites is 1. The van der Waals surface area contributed by atoms with Crippen LogP contribution >= 0.6 is 11.3 Å². The molecule has 2 rings (SSSR count). The third-order valence-corrected chi connectivity index (χ3v) is 3.48. The van der Waals surface area contributed by atoms with Crippen LogP contribution in [0.3, 0.4) is 0 Å². The molecular weight excluding hydrogens is 276 g/mol. The average Bonchev–Trinajstić information content (AvgIpc) is 2.99. The van der Waals surface area contributed by atoms with Gasteiger partial charge in [0.15, 0.2) is 0 Å². The largest absolute Gasteiger partial charge is 0.392 e. The maximum atomic E-state index is 11.8. The molecule has 0 saturated carbocycles. The molecule has 1 aromatic carbocycles. The van der Waals surface area contributed by atoms with E-state index in [1.54, 1.807) is 41.8 Å². The van der Waals surface area contributed by atoms with E-state index in [1.165, 1.54) is 11.3 Å². The number of nitrogens with one attached hydrogen (secondary N) is 2. The molecule has 2 amide bonds. The van der Waals surface area contributed by atoms with Gasteiger partial charge < -0.3 is 15.7 Å². The van der Waals surface area contributed by atoms with Crippen molar-refractivity contribution in [3.8, 4) is 0 Å².